The molecule has 3 aliphatic carbocycles. The minimum Gasteiger partial charge on any atom is -0.390 e. The van der Waals surface area contributed by atoms with Crippen LogP contribution >= 0.6 is 0 Å². The molecule has 0 amide bonds. The zero-order valence-electron chi connectivity index (χ0n) is 12.8. The lowest BCUT2D eigenvalue weighted by atomic mass is 9.73. The Morgan fingerprint density at radius 3 is 2.30 bits per heavy atom. The Labute approximate surface area is 121 Å². The van der Waals surface area contributed by atoms with Crippen molar-refractivity contribution in [3.8, 4) is 0 Å². The smallest absolute Gasteiger partial charge is 0.0686 e. The number of aliphatic hydroxyl groups is 3. The molecule has 0 heterocycles. The predicted octanol–water partition coefficient (Wildman–Crippen LogP) is 2.25. The van der Waals surface area contributed by atoms with Crippen molar-refractivity contribution in [2.45, 2.75) is 69.7 Å². The van der Waals surface area contributed by atoms with Crippen LogP contribution in [0.3, 0.4) is 0 Å². The fourth-order valence-electron chi connectivity index (χ4n) is 4.83. The third-order valence-corrected chi connectivity index (χ3v) is 6.36. The van der Waals surface area contributed by atoms with E-state index in [4.69, 9.17) is 0 Å². The number of rotatable bonds is 0. The molecule has 114 valence electrons. The van der Waals surface area contributed by atoms with E-state index in [0.717, 1.165) is 32.1 Å². The van der Waals surface area contributed by atoms with E-state index in [1.165, 1.54) is 0 Å². The van der Waals surface area contributed by atoms with Crippen molar-refractivity contribution in [1.29, 1.82) is 0 Å². The first kappa shape index (κ1) is 14.6. The topological polar surface area (TPSA) is 60.7 Å². The second-order valence-electron chi connectivity index (χ2n) is 8.03. The van der Waals surface area contributed by atoms with E-state index >= 15 is 0 Å². The number of hydrogen-bond donors (Lipinski definition) is 3. The Morgan fingerprint density at radius 1 is 0.900 bits per heavy atom. The van der Waals surface area contributed by atoms with Gasteiger partial charge in [0.2, 0.25) is 0 Å². The molecule has 3 nitrogen and oxygen atoms in total. The number of hydrogen-bond acceptors (Lipinski definition) is 3. The zero-order valence-corrected chi connectivity index (χ0v) is 12.8. The van der Waals surface area contributed by atoms with Gasteiger partial charge in [0.05, 0.1) is 16.8 Å². The number of fused-ring (bicyclic) bond motifs is 2. The maximum atomic E-state index is 11.1. The molecule has 3 N–H and O–H groups in total. The Kier molecular flexibility index (Phi) is 3.14. The second kappa shape index (κ2) is 4.31. The van der Waals surface area contributed by atoms with Crippen molar-refractivity contribution < 1.29 is 15.3 Å². The molecule has 0 aliphatic heterocycles. The zero-order chi connectivity index (χ0) is 14.8. The summed E-state index contributed by atoms with van der Waals surface area (Å²) in [5.41, 5.74) is -2.17. The van der Waals surface area contributed by atoms with Crippen molar-refractivity contribution in [2.75, 3.05) is 0 Å². The van der Waals surface area contributed by atoms with Gasteiger partial charge >= 0.3 is 0 Å². The lowest BCUT2D eigenvalue weighted by Crippen LogP contribution is -2.45. The van der Waals surface area contributed by atoms with Crippen LogP contribution in [0, 0.1) is 23.7 Å². The molecule has 2 fully saturated rings. The van der Waals surface area contributed by atoms with Crippen molar-refractivity contribution in [1.82, 2.24) is 0 Å². The largest absolute Gasteiger partial charge is 0.390 e. The molecule has 0 saturated heterocycles. The average molecular weight is 280 g/mol. The highest BCUT2D eigenvalue weighted by Crippen LogP contribution is 2.60. The van der Waals surface area contributed by atoms with E-state index in [-0.39, 0.29) is 23.7 Å². The van der Waals surface area contributed by atoms with Gasteiger partial charge in [0.1, 0.15) is 0 Å². The summed E-state index contributed by atoms with van der Waals surface area (Å²) in [6.07, 6.45) is 8.27. The maximum absolute atomic E-state index is 11.1. The first-order valence-corrected chi connectivity index (χ1v) is 8.00. The molecule has 7 atom stereocenters. The molecule has 20 heavy (non-hydrogen) atoms. The summed E-state index contributed by atoms with van der Waals surface area (Å²) in [6.45, 7) is 5.72. The van der Waals surface area contributed by atoms with Crippen LogP contribution < -0.4 is 0 Å². The van der Waals surface area contributed by atoms with E-state index in [0.29, 0.717) is 0 Å². The van der Waals surface area contributed by atoms with E-state index in [9.17, 15) is 15.3 Å². The third kappa shape index (κ3) is 2.15. The fourth-order valence-corrected chi connectivity index (χ4v) is 4.83. The van der Waals surface area contributed by atoms with Crippen LogP contribution in [0.25, 0.3) is 0 Å². The van der Waals surface area contributed by atoms with Gasteiger partial charge in [-0.05, 0) is 70.6 Å². The predicted molar refractivity (Wildman–Crippen MR) is 78.1 cm³/mol. The lowest BCUT2D eigenvalue weighted by Gasteiger charge is -2.38. The summed E-state index contributed by atoms with van der Waals surface area (Å²) in [5, 5.41) is 32.3. The lowest BCUT2D eigenvalue weighted by molar-refractivity contribution is -0.0723. The quantitative estimate of drug-likeness (QED) is 0.596. The highest BCUT2D eigenvalue weighted by molar-refractivity contribution is 5.16. The van der Waals surface area contributed by atoms with Gasteiger partial charge in [0.15, 0.2) is 0 Å². The van der Waals surface area contributed by atoms with E-state index < -0.39 is 16.8 Å². The average Bonchev–Trinajstić information content (AvgIpc) is 3.07. The molecular formula is C17H28O3. The third-order valence-electron chi connectivity index (χ3n) is 6.36. The van der Waals surface area contributed by atoms with Gasteiger partial charge in [-0.25, -0.2) is 0 Å². The van der Waals surface area contributed by atoms with Crippen LogP contribution in [0.5, 0.6) is 0 Å². The van der Waals surface area contributed by atoms with Crippen LogP contribution in [-0.2, 0) is 0 Å². The molecule has 0 radical (unpaired) electrons. The summed E-state index contributed by atoms with van der Waals surface area (Å²) in [7, 11) is 0. The highest BCUT2D eigenvalue weighted by Gasteiger charge is 2.62. The molecule has 0 aromatic heterocycles. The molecule has 3 rings (SSSR count). The molecule has 3 aliphatic rings. The monoisotopic (exact) mass is 280 g/mol. The molecule has 0 aromatic rings. The highest BCUT2D eigenvalue weighted by atomic mass is 16.3. The van der Waals surface area contributed by atoms with Crippen LogP contribution in [0.15, 0.2) is 12.2 Å². The van der Waals surface area contributed by atoms with Gasteiger partial charge in [0.25, 0.3) is 0 Å². The van der Waals surface area contributed by atoms with Gasteiger partial charge in [-0.1, -0.05) is 12.2 Å². The van der Waals surface area contributed by atoms with Gasteiger partial charge in [-0.15, -0.1) is 0 Å². The van der Waals surface area contributed by atoms with Crippen molar-refractivity contribution in [2.24, 2.45) is 23.7 Å². The Morgan fingerprint density at radius 2 is 1.60 bits per heavy atom. The Balaban J connectivity index is 1.95. The van der Waals surface area contributed by atoms with E-state index in [1.807, 2.05) is 20.8 Å². The first-order valence-electron chi connectivity index (χ1n) is 8.00. The first-order chi connectivity index (χ1) is 9.16. The van der Waals surface area contributed by atoms with Crippen molar-refractivity contribution in [3.63, 3.8) is 0 Å². The normalized spacial score (nSPS) is 60.5. The SMILES string of the molecule is CC1(O)CC/C=C/[C@@H]2[C@@H](CC[C@@]2(C)O)[C@@](C)(O)[C@@H]2C[C@H]21. The summed E-state index contributed by atoms with van der Waals surface area (Å²) < 4.78 is 0. The molecule has 3 heteroatoms. The summed E-state index contributed by atoms with van der Waals surface area (Å²) in [5.74, 6) is 0.500. The minimum absolute atomic E-state index is 0.0294. The maximum Gasteiger partial charge on any atom is 0.0686 e. The number of allylic oxidation sites excluding steroid dienone is 1. The van der Waals surface area contributed by atoms with E-state index in [1.54, 1.807) is 0 Å². The van der Waals surface area contributed by atoms with E-state index in [2.05, 4.69) is 12.2 Å². The standard InChI is InChI=1S/C17H28O3/c1-15(18)8-5-4-6-11-12(7-9-16(11,2)19)17(3,20)14-10-13(14)15/h4,6,11-14,18-20H,5,7-10H2,1-3H3/b6-4+/t11-,12-,13-,14-,15?,16-,17-/m1/s1. The minimum atomic E-state index is -0.790. The van der Waals surface area contributed by atoms with Gasteiger partial charge in [-0.2, -0.15) is 0 Å². The second-order valence-corrected chi connectivity index (χ2v) is 8.03. The summed E-state index contributed by atoms with van der Waals surface area (Å²) in [4.78, 5) is 0. The van der Waals surface area contributed by atoms with Crippen LogP contribution in [0.2, 0.25) is 0 Å². The van der Waals surface area contributed by atoms with Gasteiger partial charge < -0.3 is 15.3 Å². The molecule has 2 saturated carbocycles. The summed E-state index contributed by atoms with van der Waals surface area (Å²) in [6, 6.07) is 0. The molecule has 0 spiro atoms. The Hall–Kier alpha value is -0.380. The van der Waals surface area contributed by atoms with Crippen molar-refractivity contribution >= 4 is 0 Å². The molecule has 1 unspecified atom stereocenters. The van der Waals surface area contributed by atoms with Crippen LogP contribution in [0.1, 0.15) is 52.9 Å². The molecular weight excluding hydrogens is 252 g/mol. The van der Waals surface area contributed by atoms with Gasteiger partial charge in [0, 0.05) is 5.92 Å². The molecule has 0 bridgehead atoms. The molecule has 0 aromatic carbocycles. The summed E-state index contributed by atoms with van der Waals surface area (Å²) >= 11 is 0. The fraction of sp³-hybridized carbons (Fsp3) is 0.882. The van der Waals surface area contributed by atoms with Crippen molar-refractivity contribution in [3.05, 3.63) is 12.2 Å². The van der Waals surface area contributed by atoms with Crippen LogP contribution in [0.4, 0.5) is 0 Å². The Bertz CT molecular complexity index is 422. The van der Waals surface area contributed by atoms with Gasteiger partial charge in [-0.3, -0.25) is 0 Å². The van der Waals surface area contributed by atoms with Crippen LogP contribution in [-0.4, -0.2) is 32.1 Å².